The van der Waals surface area contributed by atoms with Crippen molar-refractivity contribution < 1.29 is 18.4 Å². The molecule has 0 aromatic heterocycles. The molecule has 0 spiro atoms. The molecule has 0 heterocycles. The van der Waals surface area contributed by atoms with E-state index in [0.717, 1.165) is 17.7 Å². The van der Waals surface area contributed by atoms with Crippen molar-refractivity contribution in [2.24, 2.45) is 0 Å². The summed E-state index contributed by atoms with van der Waals surface area (Å²) in [5.74, 6) is -2.97. The average molecular weight is 290 g/mol. The molecular weight excluding hydrogens is 278 g/mol. The molecule has 4 nitrogen and oxygen atoms in total. The van der Waals surface area contributed by atoms with Crippen molar-refractivity contribution in [2.75, 3.05) is 0 Å². The van der Waals surface area contributed by atoms with Gasteiger partial charge in [-0.1, -0.05) is 30.3 Å². The third kappa shape index (κ3) is 4.38. The van der Waals surface area contributed by atoms with Gasteiger partial charge in [-0.3, -0.25) is 20.4 Å². The molecule has 21 heavy (non-hydrogen) atoms. The largest absolute Gasteiger partial charge is 0.273 e. The van der Waals surface area contributed by atoms with Gasteiger partial charge in [0.05, 0.1) is 6.42 Å². The molecule has 2 aromatic carbocycles. The van der Waals surface area contributed by atoms with Gasteiger partial charge in [-0.25, -0.2) is 8.78 Å². The van der Waals surface area contributed by atoms with E-state index in [-0.39, 0.29) is 12.0 Å². The Morgan fingerprint density at radius 3 is 2.14 bits per heavy atom. The molecule has 0 saturated carbocycles. The van der Waals surface area contributed by atoms with Crippen LogP contribution in [0.4, 0.5) is 8.78 Å². The SMILES string of the molecule is O=C(Cc1ccccc1)NNC(=O)c1cc(F)cc(F)c1. The second kappa shape index (κ2) is 6.60. The van der Waals surface area contributed by atoms with Crippen LogP contribution in [-0.4, -0.2) is 11.8 Å². The Bertz CT molecular complexity index is 640. The lowest BCUT2D eigenvalue weighted by Gasteiger charge is -2.07. The molecule has 6 heteroatoms. The third-order valence-corrected chi connectivity index (χ3v) is 2.65. The Morgan fingerprint density at radius 1 is 0.905 bits per heavy atom. The van der Waals surface area contributed by atoms with Crippen LogP contribution < -0.4 is 10.9 Å². The first-order valence-corrected chi connectivity index (χ1v) is 6.14. The topological polar surface area (TPSA) is 58.2 Å². The van der Waals surface area contributed by atoms with Gasteiger partial charge in [0.25, 0.3) is 5.91 Å². The highest BCUT2D eigenvalue weighted by Crippen LogP contribution is 2.07. The van der Waals surface area contributed by atoms with Crippen LogP contribution in [0.1, 0.15) is 15.9 Å². The second-order valence-electron chi connectivity index (χ2n) is 4.32. The first kappa shape index (κ1) is 14.6. The van der Waals surface area contributed by atoms with Crippen LogP contribution in [0.2, 0.25) is 0 Å². The number of carbonyl (C=O) groups excluding carboxylic acids is 2. The van der Waals surface area contributed by atoms with E-state index < -0.39 is 23.4 Å². The fourth-order valence-electron chi connectivity index (χ4n) is 1.71. The molecule has 0 aliphatic heterocycles. The van der Waals surface area contributed by atoms with Crippen molar-refractivity contribution >= 4 is 11.8 Å². The minimum Gasteiger partial charge on any atom is -0.273 e. The molecule has 0 atom stereocenters. The quantitative estimate of drug-likeness (QED) is 0.849. The third-order valence-electron chi connectivity index (χ3n) is 2.65. The van der Waals surface area contributed by atoms with Gasteiger partial charge in [-0.2, -0.15) is 0 Å². The smallest absolute Gasteiger partial charge is 0.269 e. The first-order chi connectivity index (χ1) is 10.0. The lowest BCUT2D eigenvalue weighted by molar-refractivity contribution is -0.121. The molecule has 0 bridgehead atoms. The van der Waals surface area contributed by atoms with Crippen molar-refractivity contribution in [3.63, 3.8) is 0 Å². The highest BCUT2D eigenvalue weighted by molar-refractivity contribution is 5.95. The summed E-state index contributed by atoms with van der Waals surface area (Å²) in [7, 11) is 0. The molecule has 108 valence electrons. The fraction of sp³-hybridized carbons (Fsp3) is 0.0667. The molecule has 2 rings (SSSR count). The number of benzene rings is 2. The van der Waals surface area contributed by atoms with Crippen LogP contribution in [0, 0.1) is 11.6 Å². The van der Waals surface area contributed by atoms with Gasteiger partial charge < -0.3 is 0 Å². The Morgan fingerprint density at radius 2 is 1.52 bits per heavy atom. The van der Waals surface area contributed by atoms with Crippen molar-refractivity contribution in [2.45, 2.75) is 6.42 Å². The fourth-order valence-corrected chi connectivity index (χ4v) is 1.71. The highest BCUT2D eigenvalue weighted by atomic mass is 19.1. The zero-order valence-corrected chi connectivity index (χ0v) is 10.9. The van der Waals surface area contributed by atoms with E-state index in [1.165, 1.54) is 0 Å². The lowest BCUT2D eigenvalue weighted by atomic mass is 10.1. The second-order valence-corrected chi connectivity index (χ2v) is 4.32. The number of hydrogen-bond donors (Lipinski definition) is 2. The van der Waals surface area contributed by atoms with E-state index >= 15 is 0 Å². The van der Waals surface area contributed by atoms with E-state index in [9.17, 15) is 18.4 Å². The van der Waals surface area contributed by atoms with E-state index in [1.807, 2.05) is 6.07 Å². The maximum Gasteiger partial charge on any atom is 0.269 e. The van der Waals surface area contributed by atoms with Crippen molar-refractivity contribution in [3.05, 3.63) is 71.3 Å². The zero-order valence-electron chi connectivity index (χ0n) is 10.9. The Labute approximate surface area is 119 Å². The van der Waals surface area contributed by atoms with Crippen molar-refractivity contribution in [3.8, 4) is 0 Å². The van der Waals surface area contributed by atoms with Gasteiger partial charge in [0.15, 0.2) is 0 Å². The summed E-state index contributed by atoms with van der Waals surface area (Å²) in [4.78, 5) is 23.3. The number of rotatable bonds is 3. The molecule has 0 unspecified atom stereocenters. The summed E-state index contributed by atoms with van der Waals surface area (Å²) in [5.41, 5.74) is 4.85. The standard InChI is InChI=1S/C15H12F2N2O2/c16-12-7-11(8-13(17)9-12)15(21)19-18-14(20)6-10-4-2-1-3-5-10/h1-5,7-9H,6H2,(H,18,20)(H,19,21). The predicted molar refractivity (Wildman–Crippen MR) is 72.1 cm³/mol. The van der Waals surface area contributed by atoms with Crippen LogP contribution in [-0.2, 0) is 11.2 Å². The molecule has 0 aliphatic carbocycles. The first-order valence-electron chi connectivity index (χ1n) is 6.14. The number of amides is 2. The lowest BCUT2D eigenvalue weighted by Crippen LogP contribution is -2.42. The Kier molecular flexibility index (Phi) is 4.61. The minimum absolute atomic E-state index is 0.0820. The Balaban J connectivity index is 1.90. The predicted octanol–water partition coefficient (Wildman–Crippen LogP) is 1.97. The van der Waals surface area contributed by atoms with Crippen LogP contribution >= 0.6 is 0 Å². The molecular formula is C15H12F2N2O2. The number of hydrazine groups is 1. The Hall–Kier alpha value is -2.76. The number of hydrogen-bond acceptors (Lipinski definition) is 2. The molecule has 2 N–H and O–H groups in total. The van der Waals surface area contributed by atoms with Crippen LogP contribution in [0.5, 0.6) is 0 Å². The number of halogens is 2. The number of carbonyl (C=O) groups is 2. The number of nitrogens with one attached hydrogen (secondary N) is 2. The van der Waals surface area contributed by atoms with Crippen molar-refractivity contribution in [1.82, 2.24) is 10.9 Å². The van der Waals surface area contributed by atoms with Crippen LogP contribution in [0.3, 0.4) is 0 Å². The van der Waals surface area contributed by atoms with Gasteiger partial charge in [-0.15, -0.1) is 0 Å². The monoisotopic (exact) mass is 290 g/mol. The summed E-state index contributed by atoms with van der Waals surface area (Å²) in [6, 6.07) is 11.3. The summed E-state index contributed by atoms with van der Waals surface area (Å²) in [6.45, 7) is 0. The molecule has 0 saturated heterocycles. The van der Waals surface area contributed by atoms with Gasteiger partial charge >= 0.3 is 0 Å². The van der Waals surface area contributed by atoms with Gasteiger partial charge in [-0.05, 0) is 17.7 Å². The molecule has 2 amide bonds. The summed E-state index contributed by atoms with van der Waals surface area (Å²) < 4.78 is 25.9. The molecule has 0 radical (unpaired) electrons. The normalized spacial score (nSPS) is 10.0. The molecule has 0 fully saturated rings. The maximum atomic E-state index is 13.0. The maximum absolute atomic E-state index is 13.0. The summed E-state index contributed by atoms with van der Waals surface area (Å²) in [5, 5.41) is 0. The summed E-state index contributed by atoms with van der Waals surface area (Å²) in [6.07, 6.45) is 0.0820. The average Bonchev–Trinajstić information content (AvgIpc) is 2.45. The van der Waals surface area contributed by atoms with E-state index in [4.69, 9.17) is 0 Å². The highest BCUT2D eigenvalue weighted by Gasteiger charge is 2.10. The van der Waals surface area contributed by atoms with Crippen LogP contribution in [0.25, 0.3) is 0 Å². The van der Waals surface area contributed by atoms with Gasteiger partial charge in [0.1, 0.15) is 11.6 Å². The van der Waals surface area contributed by atoms with E-state index in [1.54, 1.807) is 24.3 Å². The van der Waals surface area contributed by atoms with Crippen molar-refractivity contribution in [1.29, 1.82) is 0 Å². The zero-order chi connectivity index (χ0) is 15.2. The van der Waals surface area contributed by atoms with Gasteiger partial charge in [0.2, 0.25) is 5.91 Å². The van der Waals surface area contributed by atoms with E-state index in [2.05, 4.69) is 10.9 Å². The summed E-state index contributed by atoms with van der Waals surface area (Å²) >= 11 is 0. The minimum atomic E-state index is -0.865. The molecule has 0 aliphatic rings. The van der Waals surface area contributed by atoms with Gasteiger partial charge in [0, 0.05) is 11.6 Å². The van der Waals surface area contributed by atoms with Crippen LogP contribution in [0.15, 0.2) is 48.5 Å². The van der Waals surface area contributed by atoms with E-state index in [0.29, 0.717) is 6.07 Å². The molecule has 2 aromatic rings.